The zero-order valence-corrected chi connectivity index (χ0v) is 39.3. The molecule has 8 nitrogen and oxygen atoms in total. The van der Waals surface area contributed by atoms with Crippen LogP contribution in [-0.2, 0) is 27.9 Å². The predicted octanol–water partition coefficient (Wildman–Crippen LogP) is 14.9. The van der Waals surface area contributed by atoms with Crippen LogP contribution in [0.25, 0.3) is 0 Å². The average Bonchev–Trinajstić information content (AvgIpc) is 3.24. The van der Waals surface area contributed by atoms with Gasteiger partial charge < -0.3 is 20.1 Å². The summed E-state index contributed by atoms with van der Waals surface area (Å²) in [5, 5.41) is 0. The number of unbranched alkanes of at least 4 members (excludes halogenated alkanes) is 18. The molecule has 0 aliphatic rings. The van der Waals surface area contributed by atoms with Gasteiger partial charge >= 0.3 is 13.8 Å². The second-order valence-electron chi connectivity index (χ2n) is 15.6. The van der Waals surface area contributed by atoms with Gasteiger partial charge in [0, 0.05) is 19.6 Å². The summed E-state index contributed by atoms with van der Waals surface area (Å²) in [6.45, 7) is 4.70. The largest absolute Gasteiger partial charge is 0.472 e. The molecule has 0 spiro atoms. The van der Waals surface area contributed by atoms with Crippen molar-refractivity contribution in [2.45, 2.75) is 200 Å². The van der Waals surface area contributed by atoms with Gasteiger partial charge in [-0.3, -0.25) is 13.8 Å². The Kier molecular flexibility index (Phi) is 45.9. The molecule has 0 amide bonds. The Morgan fingerprint density at radius 1 is 0.517 bits per heavy atom. The fourth-order valence-electron chi connectivity index (χ4n) is 6.29. The summed E-state index contributed by atoms with van der Waals surface area (Å²) in [5.41, 5.74) is 5.38. The van der Waals surface area contributed by atoms with E-state index in [2.05, 4.69) is 98.9 Å². The van der Waals surface area contributed by atoms with E-state index in [4.69, 9.17) is 24.3 Å². The van der Waals surface area contributed by atoms with E-state index in [9.17, 15) is 14.3 Å². The lowest BCUT2D eigenvalue weighted by molar-refractivity contribution is -0.154. The molecule has 0 bridgehead atoms. The molecule has 0 saturated carbocycles. The van der Waals surface area contributed by atoms with Crippen molar-refractivity contribution in [1.82, 2.24) is 0 Å². The summed E-state index contributed by atoms with van der Waals surface area (Å²) in [4.78, 5) is 22.6. The molecule has 9 heteroatoms. The fraction of sp³-hybridized carbons (Fsp3) is 0.706. The maximum atomic E-state index is 12.6. The lowest BCUT2D eigenvalue weighted by atomic mass is 10.0. The van der Waals surface area contributed by atoms with Crippen molar-refractivity contribution in [2.75, 3.05) is 33.0 Å². The van der Waals surface area contributed by atoms with E-state index in [-0.39, 0.29) is 32.3 Å². The number of hydrogen-bond acceptors (Lipinski definition) is 7. The second kappa shape index (κ2) is 47.7. The predicted molar refractivity (Wildman–Crippen MR) is 256 cm³/mol. The minimum absolute atomic E-state index is 0.0887. The van der Waals surface area contributed by atoms with Crippen LogP contribution in [-0.4, -0.2) is 49.9 Å². The summed E-state index contributed by atoms with van der Waals surface area (Å²) >= 11 is 0. The van der Waals surface area contributed by atoms with Crippen LogP contribution in [0.3, 0.4) is 0 Å². The lowest BCUT2D eigenvalue weighted by Crippen LogP contribution is -2.28. The lowest BCUT2D eigenvalue weighted by Gasteiger charge is -2.20. The fourth-order valence-corrected chi connectivity index (χ4v) is 7.05. The second-order valence-corrected chi connectivity index (χ2v) is 17.0. The molecule has 0 heterocycles. The van der Waals surface area contributed by atoms with Crippen LogP contribution < -0.4 is 5.73 Å². The van der Waals surface area contributed by atoms with Crippen molar-refractivity contribution in [3.63, 3.8) is 0 Å². The number of phosphoric acid groups is 1. The Hall–Kier alpha value is -2.32. The number of rotatable bonds is 45. The Labute approximate surface area is 368 Å². The van der Waals surface area contributed by atoms with Crippen LogP contribution >= 0.6 is 7.82 Å². The highest BCUT2D eigenvalue weighted by atomic mass is 31.2. The third kappa shape index (κ3) is 46.7. The quantitative estimate of drug-likeness (QED) is 0.0269. The third-order valence-corrected chi connectivity index (χ3v) is 10.8. The van der Waals surface area contributed by atoms with Crippen molar-refractivity contribution in [3.05, 3.63) is 85.1 Å². The summed E-state index contributed by atoms with van der Waals surface area (Å²) in [7, 11) is -4.30. The van der Waals surface area contributed by atoms with E-state index in [0.717, 1.165) is 83.5 Å². The highest BCUT2D eigenvalue weighted by Gasteiger charge is 2.25. The molecule has 0 saturated heterocycles. The Balaban J connectivity index is 4.02. The molecule has 2 atom stereocenters. The van der Waals surface area contributed by atoms with E-state index in [1.807, 2.05) is 0 Å². The zero-order chi connectivity index (χ0) is 43.7. The topological polar surface area (TPSA) is 117 Å². The standard InChI is InChI=1S/C51H90NO7P/c1-3-5-7-9-11-13-15-17-19-21-22-23-24-25-26-27-28-29-30-32-34-36-38-40-42-44-51(53)59-50(49-58-60(54,55)57-47-45-52)48-56-46-43-41-39-37-35-33-31-20-18-16-14-12-10-8-6-4-2/h6,8,12,14-15,17-18,20-22,24-25,33,35,50H,3-5,7,9-11,13,16,19,23,26-32,34,36-49,52H2,1-2H3,(H,54,55)/b8-6-,14-12-,17-15-,20-18-,22-21-,25-24-,35-33-. The number of phosphoric ester groups is 1. The summed E-state index contributed by atoms with van der Waals surface area (Å²) in [6.07, 6.45) is 61.9. The van der Waals surface area contributed by atoms with Crippen LogP contribution in [0, 0.1) is 0 Å². The van der Waals surface area contributed by atoms with Crippen molar-refractivity contribution in [1.29, 1.82) is 0 Å². The molecule has 0 aliphatic carbocycles. The average molecular weight is 860 g/mol. The number of nitrogens with two attached hydrogens (primary N) is 1. The maximum Gasteiger partial charge on any atom is 0.472 e. The molecule has 0 fully saturated rings. The van der Waals surface area contributed by atoms with Gasteiger partial charge in [-0.1, -0.05) is 182 Å². The normalized spacial score (nSPS) is 14.1. The number of ether oxygens (including phenoxy) is 2. The number of hydrogen-bond donors (Lipinski definition) is 2. The number of carbonyl (C=O) groups excluding carboxylic acids is 1. The van der Waals surface area contributed by atoms with Gasteiger partial charge in [0.1, 0.15) is 6.10 Å². The van der Waals surface area contributed by atoms with Crippen molar-refractivity contribution in [3.8, 4) is 0 Å². The zero-order valence-electron chi connectivity index (χ0n) is 38.4. The number of esters is 1. The molecule has 0 aromatic rings. The molecular weight excluding hydrogens is 770 g/mol. The molecular formula is C51H90NO7P. The first kappa shape index (κ1) is 57.7. The highest BCUT2D eigenvalue weighted by molar-refractivity contribution is 7.47. The SMILES string of the molecule is CC/C=C\C/C=C\C/C=C\C/C=C\CCCCCOCC(COP(=O)(O)OCCN)OC(=O)CCCCCCCCCCCC/C=C\C/C=C\C/C=C\CCCCCCC. The molecule has 346 valence electrons. The van der Waals surface area contributed by atoms with E-state index in [0.29, 0.717) is 13.0 Å². The van der Waals surface area contributed by atoms with E-state index < -0.39 is 13.9 Å². The van der Waals surface area contributed by atoms with E-state index in [1.165, 1.54) is 89.9 Å². The molecule has 2 unspecified atom stereocenters. The van der Waals surface area contributed by atoms with Gasteiger partial charge in [0.15, 0.2) is 0 Å². The van der Waals surface area contributed by atoms with Gasteiger partial charge in [-0.2, -0.15) is 0 Å². The Bertz CT molecular complexity index is 1190. The first-order valence-corrected chi connectivity index (χ1v) is 25.6. The first-order chi connectivity index (χ1) is 29.4. The number of allylic oxidation sites excluding steroid dienone is 14. The highest BCUT2D eigenvalue weighted by Crippen LogP contribution is 2.43. The molecule has 0 aromatic heterocycles. The van der Waals surface area contributed by atoms with Crippen LogP contribution in [0.5, 0.6) is 0 Å². The first-order valence-electron chi connectivity index (χ1n) is 24.1. The molecule has 0 aromatic carbocycles. The molecule has 60 heavy (non-hydrogen) atoms. The van der Waals surface area contributed by atoms with Gasteiger partial charge in [0.25, 0.3) is 0 Å². The van der Waals surface area contributed by atoms with E-state index >= 15 is 0 Å². The Morgan fingerprint density at radius 3 is 1.40 bits per heavy atom. The van der Waals surface area contributed by atoms with Gasteiger partial charge in [-0.05, 0) is 89.9 Å². The van der Waals surface area contributed by atoms with Gasteiger partial charge in [-0.15, -0.1) is 0 Å². The molecule has 3 N–H and O–H groups in total. The van der Waals surface area contributed by atoms with Crippen LogP contribution in [0.15, 0.2) is 85.1 Å². The van der Waals surface area contributed by atoms with Crippen molar-refractivity contribution < 1.29 is 32.8 Å². The van der Waals surface area contributed by atoms with Crippen molar-refractivity contribution in [2.24, 2.45) is 5.73 Å². The van der Waals surface area contributed by atoms with Crippen molar-refractivity contribution >= 4 is 13.8 Å². The monoisotopic (exact) mass is 860 g/mol. The Morgan fingerprint density at radius 2 is 0.933 bits per heavy atom. The van der Waals surface area contributed by atoms with Gasteiger partial charge in [-0.25, -0.2) is 4.57 Å². The number of carbonyl (C=O) groups is 1. The minimum Gasteiger partial charge on any atom is -0.457 e. The smallest absolute Gasteiger partial charge is 0.457 e. The van der Waals surface area contributed by atoms with Crippen LogP contribution in [0.1, 0.15) is 194 Å². The van der Waals surface area contributed by atoms with E-state index in [1.54, 1.807) is 0 Å². The summed E-state index contributed by atoms with van der Waals surface area (Å²) in [5.74, 6) is -0.349. The van der Waals surface area contributed by atoms with Gasteiger partial charge in [0.2, 0.25) is 0 Å². The minimum atomic E-state index is -4.30. The molecule has 0 rings (SSSR count). The van der Waals surface area contributed by atoms with Crippen LogP contribution in [0.4, 0.5) is 0 Å². The molecule has 0 radical (unpaired) electrons. The maximum absolute atomic E-state index is 12.6. The van der Waals surface area contributed by atoms with Crippen LogP contribution in [0.2, 0.25) is 0 Å². The third-order valence-electron chi connectivity index (χ3n) is 9.80. The molecule has 0 aliphatic heterocycles. The van der Waals surface area contributed by atoms with Gasteiger partial charge in [0.05, 0.1) is 19.8 Å². The summed E-state index contributed by atoms with van der Waals surface area (Å²) in [6, 6.07) is 0. The summed E-state index contributed by atoms with van der Waals surface area (Å²) < 4.78 is 33.5.